The number of hydrogen-bond acceptors (Lipinski definition) is 6. The molecule has 0 unspecified atom stereocenters. The summed E-state index contributed by atoms with van der Waals surface area (Å²) >= 11 is 1.64. The summed E-state index contributed by atoms with van der Waals surface area (Å²) < 4.78 is 13.7. The van der Waals surface area contributed by atoms with Crippen molar-refractivity contribution in [1.29, 1.82) is 0 Å². The number of fused-ring (bicyclic) bond motifs is 1. The predicted molar refractivity (Wildman–Crippen MR) is 109 cm³/mol. The second-order valence-electron chi connectivity index (χ2n) is 6.86. The average molecular weight is 392 g/mol. The molecule has 0 spiro atoms. The lowest BCUT2D eigenvalue weighted by molar-refractivity contribution is -0.184. The van der Waals surface area contributed by atoms with E-state index in [4.69, 9.17) is 19.4 Å². The van der Waals surface area contributed by atoms with Gasteiger partial charge in [-0.05, 0) is 37.6 Å². The molecule has 1 fully saturated rings. The Balaban J connectivity index is 1.67. The van der Waals surface area contributed by atoms with Crippen molar-refractivity contribution in [2.45, 2.75) is 19.6 Å². The van der Waals surface area contributed by atoms with Crippen molar-refractivity contribution in [2.75, 3.05) is 13.2 Å². The zero-order valence-corrected chi connectivity index (χ0v) is 16.6. The highest BCUT2D eigenvalue weighted by Crippen LogP contribution is 2.38. The summed E-state index contributed by atoms with van der Waals surface area (Å²) in [7, 11) is 2.04. The molecule has 142 valence electrons. The summed E-state index contributed by atoms with van der Waals surface area (Å²) in [6.07, 6.45) is 6.17. The van der Waals surface area contributed by atoms with Crippen LogP contribution in [0.1, 0.15) is 24.1 Å². The Morgan fingerprint density at radius 3 is 2.82 bits per heavy atom. The first-order valence-corrected chi connectivity index (χ1v) is 10.1. The predicted octanol–water partition coefficient (Wildman–Crippen LogP) is 4.50. The maximum atomic E-state index is 5.80. The number of rotatable bonds is 3. The van der Waals surface area contributed by atoms with Crippen LogP contribution in [0.15, 0.2) is 42.9 Å². The summed E-state index contributed by atoms with van der Waals surface area (Å²) in [6.45, 7) is 3.42. The van der Waals surface area contributed by atoms with Crippen LogP contribution in [-0.4, -0.2) is 32.7 Å². The highest BCUT2D eigenvalue weighted by atomic mass is 32.1. The lowest BCUT2D eigenvalue weighted by Gasteiger charge is -2.23. The van der Waals surface area contributed by atoms with Crippen molar-refractivity contribution in [3.8, 4) is 21.1 Å². The van der Waals surface area contributed by atoms with E-state index in [9.17, 15) is 0 Å². The second-order valence-corrected chi connectivity index (χ2v) is 7.86. The molecular weight excluding hydrogens is 372 g/mol. The lowest BCUT2D eigenvalue weighted by atomic mass is 10.1. The van der Waals surface area contributed by atoms with Crippen LogP contribution in [0.5, 0.6) is 0 Å². The van der Waals surface area contributed by atoms with Crippen LogP contribution in [0.3, 0.4) is 0 Å². The van der Waals surface area contributed by atoms with Gasteiger partial charge in [-0.2, -0.15) is 0 Å². The zero-order valence-electron chi connectivity index (χ0n) is 15.8. The summed E-state index contributed by atoms with van der Waals surface area (Å²) in [5.74, 6) is 0. The number of thiazole rings is 1. The third kappa shape index (κ3) is 3.01. The van der Waals surface area contributed by atoms with Gasteiger partial charge in [0.15, 0.2) is 0 Å². The van der Waals surface area contributed by atoms with Crippen LogP contribution < -0.4 is 0 Å². The third-order valence-corrected chi connectivity index (χ3v) is 6.07. The summed E-state index contributed by atoms with van der Waals surface area (Å²) in [4.78, 5) is 15.0. The molecular formula is C21H20N4O2S. The van der Waals surface area contributed by atoms with Gasteiger partial charge in [-0.1, -0.05) is 0 Å². The van der Waals surface area contributed by atoms with E-state index in [1.54, 1.807) is 17.5 Å². The van der Waals surface area contributed by atoms with Gasteiger partial charge in [0, 0.05) is 36.6 Å². The van der Waals surface area contributed by atoms with Crippen LogP contribution in [-0.2, 0) is 16.5 Å². The fourth-order valence-corrected chi connectivity index (χ4v) is 4.56. The highest BCUT2D eigenvalue weighted by Gasteiger charge is 2.23. The van der Waals surface area contributed by atoms with Crippen LogP contribution in [0.25, 0.3) is 32.0 Å². The summed E-state index contributed by atoms with van der Waals surface area (Å²) in [5, 5.41) is 2.07. The Bertz CT molecular complexity index is 1130. The van der Waals surface area contributed by atoms with Crippen molar-refractivity contribution < 1.29 is 9.47 Å². The number of aryl methyl sites for hydroxylation is 2. The van der Waals surface area contributed by atoms with Gasteiger partial charge in [0.25, 0.3) is 0 Å². The van der Waals surface area contributed by atoms with Crippen LogP contribution in [0.4, 0.5) is 0 Å². The van der Waals surface area contributed by atoms with E-state index in [1.165, 1.54) is 0 Å². The highest BCUT2D eigenvalue weighted by molar-refractivity contribution is 7.18. The molecule has 0 aliphatic carbocycles. The van der Waals surface area contributed by atoms with E-state index in [0.29, 0.717) is 13.2 Å². The molecule has 0 aromatic carbocycles. The molecule has 28 heavy (non-hydrogen) atoms. The van der Waals surface area contributed by atoms with Crippen molar-refractivity contribution >= 4 is 22.2 Å². The van der Waals surface area contributed by atoms with Crippen LogP contribution >= 0.6 is 11.3 Å². The quantitative estimate of drug-likeness (QED) is 0.514. The van der Waals surface area contributed by atoms with E-state index in [2.05, 4.69) is 27.9 Å². The molecule has 0 radical (unpaired) electrons. The number of ether oxygens (including phenoxy) is 2. The minimum absolute atomic E-state index is 0.414. The Hall–Kier alpha value is -2.61. The van der Waals surface area contributed by atoms with Gasteiger partial charge >= 0.3 is 0 Å². The molecule has 5 heterocycles. The number of pyridine rings is 2. The zero-order chi connectivity index (χ0) is 19.1. The fourth-order valence-electron chi connectivity index (χ4n) is 3.51. The van der Waals surface area contributed by atoms with E-state index in [0.717, 1.165) is 49.9 Å². The van der Waals surface area contributed by atoms with Gasteiger partial charge in [0.2, 0.25) is 6.29 Å². The van der Waals surface area contributed by atoms with E-state index in [1.807, 2.05) is 32.3 Å². The second kappa shape index (κ2) is 7.09. The summed E-state index contributed by atoms with van der Waals surface area (Å²) in [6, 6.07) is 8.12. The fraction of sp³-hybridized carbons (Fsp3) is 0.286. The molecule has 5 rings (SSSR count). The van der Waals surface area contributed by atoms with Gasteiger partial charge in [-0.15, -0.1) is 11.3 Å². The largest absolute Gasteiger partial charge is 0.349 e. The Morgan fingerprint density at radius 2 is 2.04 bits per heavy atom. The van der Waals surface area contributed by atoms with E-state index in [-0.39, 0.29) is 0 Å². The molecule has 6 nitrogen and oxygen atoms in total. The minimum Gasteiger partial charge on any atom is -0.349 e. The van der Waals surface area contributed by atoms with Crippen molar-refractivity contribution in [2.24, 2.45) is 7.05 Å². The molecule has 0 bridgehead atoms. The van der Waals surface area contributed by atoms with Gasteiger partial charge < -0.3 is 14.0 Å². The number of aromatic nitrogens is 4. The van der Waals surface area contributed by atoms with Gasteiger partial charge in [-0.25, -0.2) is 9.97 Å². The normalized spacial score (nSPS) is 15.4. The Kier molecular flexibility index (Phi) is 4.43. The Morgan fingerprint density at radius 1 is 1.18 bits per heavy atom. The van der Waals surface area contributed by atoms with E-state index < -0.39 is 6.29 Å². The maximum absolute atomic E-state index is 5.80. The maximum Gasteiger partial charge on any atom is 0.201 e. The SMILES string of the molecule is Cc1nc(-c2cccnc2)sc1-c1nc(C2OCCCO2)cc2ccn(C)c12. The van der Waals surface area contributed by atoms with Crippen molar-refractivity contribution in [3.63, 3.8) is 0 Å². The van der Waals surface area contributed by atoms with Crippen molar-refractivity contribution in [1.82, 2.24) is 19.5 Å². The van der Waals surface area contributed by atoms with Crippen LogP contribution in [0.2, 0.25) is 0 Å². The monoisotopic (exact) mass is 392 g/mol. The van der Waals surface area contributed by atoms with E-state index >= 15 is 0 Å². The van der Waals surface area contributed by atoms with Crippen LogP contribution in [0, 0.1) is 6.92 Å². The third-order valence-electron chi connectivity index (χ3n) is 4.86. The standard InChI is InChI=1S/C21H20N4O2S/c1-13-19(28-20(23-13)15-5-3-7-22-12-15)17-18-14(6-8-25(18)2)11-16(24-17)21-26-9-4-10-27-21/h3,5-8,11-12,21H,4,9-10H2,1-2H3. The Labute approximate surface area is 166 Å². The molecule has 1 aliphatic heterocycles. The first-order valence-electron chi connectivity index (χ1n) is 9.28. The van der Waals surface area contributed by atoms with Crippen molar-refractivity contribution in [3.05, 3.63) is 54.2 Å². The molecule has 1 aliphatic rings. The minimum atomic E-state index is -0.414. The van der Waals surface area contributed by atoms with Gasteiger partial charge in [0.05, 0.1) is 35.0 Å². The summed E-state index contributed by atoms with van der Waals surface area (Å²) in [5.41, 5.74) is 4.79. The molecule has 7 heteroatoms. The topological polar surface area (TPSA) is 62.1 Å². The molecule has 0 saturated carbocycles. The smallest absolute Gasteiger partial charge is 0.201 e. The molecule has 0 atom stereocenters. The molecule has 0 N–H and O–H groups in total. The van der Waals surface area contributed by atoms with Gasteiger partial charge in [0.1, 0.15) is 10.7 Å². The lowest BCUT2D eigenvalue weighted by Crippen LogP contribution is -2.19. The number of nitrogens with zero attached hydrogens (tertiary/aromatic N) is 4. The first kappa shape index (κ1) is 17.5. The number of hydrogen-bond donors (Lipinski definition) is 0. The molecule has 4 aromatic heterocycles. The average Bonchev–Trinajstić information content (AvgIpc) is 3.32. The molecule has 0 amide bonds. The van der Waals surface area contributed by atoms with Gasteiger partial charge in [-0.3, -0.25) is 4.98 Å². The molecule has 4 aromatic rings. The first-order chi connectivity index (χ1) is 13.7. The molecule has 1 saturated heterocycles.